The molecular weight excluding hydrogens is 426 g/mol. The molecule has 34 heavy (non-hydrogen) atoms. The number of anilines is 1. The van der Waals surface area contributed by atoms with Crippen LogP contribution >= 0.6 is 0 Å². The summed E-state index contributed by atoms with van der Waals surface area (Å²) in [5, 5.41) is 0. The standard InChI is InChI=1S/C28H29N3O3/c1-29(2)23-15-13-22(14-16-23)25-26-27(32)31-24(21-11-7-4-8-12-21)18-33-19-28(31,34-26)30(25)17-20-9-5-3-6-10-20/h3-16,24-26H,17-19H2,1-2H3/t24-,25+,26-,28+/m0/s1. The van der Waals surface area contributed by atoms with Gasteiger partial charge in [-0.2, -0.15) is 0 Å². The van der Waals surface area contributed by atoms with Crippen LogP contribution < -0.4 is 4.90 Å². The second-order valence-corrected chi connectivity index (χ2v) is 9.48. The first-order valence-electron chi connectivity index (χ1n) is 11.8. The molecule has 6 rings (SSSR count). The Morgan fingerprint density at radius 1 is 0.912 bits per heavy atom. The Bertz CT molecular complexity index is 1170. The molecule has 3 aliphatic rings. The van der Waals surface area contributed by atoms with Crippen LogP contribution in [0.4, 0.5) is 5.69 Å². The summed E-state index contributed by atoms with van der Waals surface area (Å²) in [6.07, 6.45) is -0.568. The zero-order chi connectivity index (χ0) is 23.3. The van der Waals surface area contributed by atoms with Crippen molar-refractivity contribution in [2.75, 3.05) is 32.2 Å². The third-order valence-electron chi connectivity index (χ3n) is 7.25. The lowest BCUT2D eigenvalue weighted by atomic mass is 9.93. The summed E-state index contributed by atoms with van der Waals surface area (Å²) in [4.78, 5) is 20.2. The maximum absolute atomic E-state index is 13.8. The van der Waals surface area contributed by atoms with Gasteiger partial charge in [-0.3, -0.25) is 9.69 Å². The highest BCUT2D eigenvalue weighted by molar-refractivity contribution is 5.86. The van der Waals surface area contributed by atoms with Gasteiger partial charge in [0.25, 0.3) is 5.91 Å². The summed E-state index contributed by atoms with van der Waals surface area (Å²) >= 11 is 0. The van der Waals surface area contributed by atoms with E-state index in [0.29, 0.717) is 19.8 Å². The number of fused-ring (bicyclic) bond motifs is 1. The fraction of sp³-hybridized carbons (Fsp3) is 0.321. The summed E-state index contributed by atoms with van der Waals surface area (Å²) in [6, 6.07) is 28.6. The first-order valence-corrected chi connectivity index (χ1v) is 11.8. The smallest absolute Gasteiger partial charge is 0.257 e. The number of morpholine rings is 1. The molecule has 2 bridgehead atoms. The molecule has 0 N–H and O–H groups in total. The lowest BCUT2D eigenvalue weighted by Crippen LogP contribution is -2.67. The molecule has 0 unspecified atom stereocenters. The second-order valence-electron chi connectivity index (χ2n) is 9.48. The zero-order valence-corrected chi connectivity index (χ0v) is 19.5. The van der Waals surface area contributed by atoms with Gasteiger partial charge in [0, 0.05) is 26.3 Å². The molecule has 4 atom stereocenters. The van der Waals surface area contributed by atoms with Crippen molar-refractivity contribution in [3.63, 3.8) is 0 Å². The quantitative estimate of drug-likeness (QED) is 0.583. The van der Waals surface area contributed by atoms with E-state index in [4.69, 9.17) is 9.47 Å². The van der Waals surface area contributed by atoms with Gasteiger partial charge in [0.2, 0.25) is 5.85 Å². The molecule has 0 aliphatic carbocycles. The van der Waals surface area contributed by atoms with Gasteiger partial charge in [0.15, 0.2) is 6.10 Å². The van der Waals surface area contributed by atoms with Crippen molar-refractivity contribution in [2.45, 2.75) is 30.6 Å². The Kier molecular flexibility index (Phi) is 5.17. The van der Waals surface area contributed by atoms with Crippen molar-refractivity contribution < 1.29 is 14.3 Å². The van der Waals surface area contributed by atoms with E-state index in [9.17, 15) is 4.79 Å². The monoisotopic (exact) mass is 455 g/mol. The molecule has 0 saturated carbocycles. The highest BCUT2D eigenvalue weighted by Gasteiger charge is 2.69. The second kappa shape index (κ2) is 8.24. The van der Waals surface area contributed by atoms with Crippen LogP contribution in [0, 0.1) is 0 Å². The number of rotatable bonds is 5. The van der Waals surface area contributed by atoms with Crippen molar-refractivity contribution in [3.8, 4) is 0 Å². The van der Waals surface area contributed by atoms with E-state index in [1.54, 1.807) is 0 Å². The maximum atomic E-state index is 13.8. The summed E-state index contributed by atoms with van der Waals surface area (Å²) in [5.74, 6) is -0.885. The number of nitrogens with zero attached hydrogens (tertiary/aromatic N) is 3. The van der Waals surface area contributed by atoms with Crippen LogP contribution in [0.3, 0.4) is 0 Å². The predicted octanol–water partition coefficient (Wildman–Crippen LogP) is 3.96. The number of carbonyl (C=O) groups is 1. The van der Waals surface area contributed by atoms with Gasteiger partial charge in [-0.15, -0.1) is 0 Å². The molecule has 174 valence electrons. The van der Waals surface area contributed by atoms with Crippen LogP contribution in [-0.4, -0.2) is 55.0 Å². The molecule has 3 fully saturated rings. The number of hydrogen-bond acceptors (Lipinski definition) is 5. The van der Waals surface area contributed by atoms with E-state index in [1.807, 2.05) is 43.3 Å². The van der Waals surface area contributed by atoms with Crippen molar-refractivity contribution >= 4 is 11.6 Å². The largest absolute Gasteiger partial charge is 0.378 e. The normalized spacial score (nSPS) is 28.2. The molecule has 1 amide bonds. The van der Waals surface area contributed by atoms with E-state index in [1.165, 1.54) is 5.56 Å². The van der Waals surface area contributed by atoms with Crippen LogP contribution in [0.1, 0.15) is 28.8 Å². The van der Waals surface area contributed by atoms with E-state index in [-0.39, 0.29) is 18.0 Å². The molecule has 0 aromatic heterocycles. The first-order chi connectivity index (χ1) is 16.6. The van der Waals surface area contributed by atoms with Crippen LogP contribution in [0.5, 0.6) is 0 Å². The van der Waals surface area contributed by atoms with E-state index in [2.05, 4.69) is 70.5 Å². The van der Waals surface area contributed by atoms with Gasteiger partial charge in [-0.25, -0.2) is 4.90 Å². The summed E-state index contributed by atoms with van der Waals surface area (Å²) in [7, 11) is 4.06. The predicted molar refractivity (Wildman–Crippen MR) is 130 cm³/mol. The van der Waals surface area contributed by atoms with Crippen molar-refractivity contribution in [1.82, 2.24) is 9.80 Å². The number of benzene rings is 3. The van der Waals surface area contributed by atoms with Gasteiger partial charge in [0.1, 0.15) is 6.61 Å². The highest BCUT2D eigenvalue weighted by atomic mass is 16.6. The molecule has 6 nitrogen and oxygen atoms in total. The van der Waals surface area contributed by atoms with Gasteiger partial charge in [-0.1, -0.05) is 72.8 Å². The fourth-order valence-corrected chi connectivity index (χ4v) is 5.61. The highest BCUT2D eigenvalue weighted by Crippen LogP contribution is 2.54. The van der Waals surface area contributed by atoms with Crippen LogP contribution in [-0.2, 0) is 20.8 Å². The molecular formula is C28H29N3O3. The third kappa shape index (κ3) is 3.25. The molecule has 1 spiro atoms. The Morgan fingerprint density at radius 3 is 2.26 bits per heavy atom. The molecule has 0 radical (unpaired) electrons. The van der Waals surface area contributed by atoms with E-state index >= 15 is 0 Å². The molecule has 3 aromatic rings. The van der Waals surface area contributed by atoms with Crippen molar-refractivity contribution in [2.24, 2.45) is 0 Å². The Morgan fingerprint density at radius 2 is 1.59 bits per heavy atom. The van der Waals surface area contributed by atoms with Gasteiger partial charge < -0.3 is 14.4 Å². The minimum atomic E-state index is -0.929. The number of amides is 1. The number of hydrogen-bond donors (Lipinski definition) is 0. The summed E-state index contributed by atoms with van der Waals surface area (Å²) in [5.41, 5.74) is 4.45. The van der Waals surface area contributed by atoms with Crippen LogP contribution in [0.25, 0.3) is 0 Å². The molecule has 3 saturated heterocycles. The van der Waals surface area contributed by atoms with E-state index in [0.717, 1.165) is 16.8 Å². The lowest BCUT2D eigenvalue weighted by Gasteiger charge is -2.52. The Labute approximate surface area is 200 Å². The average molecular weight is 456 g/mol. The number of carbonyl (C=O) groups excluding carboxylic acids is 1. The zero-order valence-electron chi connectivity index (χ0n) is 19.5. The summed E-state index contributed by atoms with van der Waals surface area (Å²) in [6.45, 7) is 1.46. The van der Waals surface area contributed by atoms with E-state index < -0.39 is 12.0 Å². The Hall–Kier alpha value is -3.19. The van der Waals surface area contributed by atoms with Gasteiger partial charge in [-0.05, 0) is 28.8 Å². The van der Waals surface area contributed by atoms with Crippen LogP contribution in [0.15, 0.2) is 84.9 Å². The van der Waals surface area contributed by atoms with Crippen molar-refractivity contribution in [1.29, 1.82) is 0 Å². The van der Waals surface area contributed by atoms with Crippen LogP contribution in [0.2, 0.25) is 0 Å². The van der Waals surface area contributed by atoms with Crippen molar-refractivity contribution in [3.05, 3.63) is 102 Å². The topological polar surface area (TPSA) is 45.3 Å². The molecule has 3 heterocycles. The van der Waals surface area contributed by atoms with Gasteiger partial charge >= 0.3 is 0 Å². The molecule has 6 heteroatoms. The summed E-state index contributed by atoms with van der Waals surface area (Å²) < 4.78 is 12.8. The average Bonchev–Trinajstić information content (AvgIpc) is 3.34. The minimum absolute atomic E-state index is 0.0446. The fourth-order valence-electron chi connectivity index (χ4n) is 5.61. The van der Waals surface area contributed by atoms with Gasteiger partial charge in [0.05, 0.1) is 18.7 Å². The first kappa shape index (κ1) is 21.4. The lowest BCUT2D eigenvalue weighted by molar-refractivity contribution is -0.247. The SMILES string of the molecule is CN(C)c1ccc([C@@H]2[C@@H]3O[C@]4(COC[C@@H](c5ccccc5)N4C3=O)N2Cc2ccccc2)cc1. The molecule has 3 aromatic carbocycles. The minimum Gasteiger partial charge on any atom is -0.378 e. The number of ether oxygens (including phenoxy) is 2. The maximum Gasteiger partial charge on any atom is 0.257 e. The third-order valence-corrected chi connectivity index (χ3v) is 7.25. The molecule has 3 aliphatic heterocycles. The Balaban J connectivity index is 1.43.